The molecule has 0 aliphatic heterocycles. The van der Waals surface area contributed by atoms with Crippen molar-refractivity contribution >= 4 is 17.3 Å². The van der Waals surface area contributed by atoms with Crippen molar-refractivity contribution in [1.82, 2.24) is 5.32 Å². The Morgan fingerprint density at radius 3 is 2.43 bits per heavy atom. The fraction of sp³-hybridized carbons (Fsp3) is 0.353. The summed E-state index contributed by atoms with van der Waals surface area (Å²) in [4.78, 5) is 12.2. The van der Waals surface area contributed by atoms with Crippen LogP contribution in [0.3, 0.4) is 0 Å². The summed E-state index contributed by atoms with van der Waals surface area (Å²) >= 11 is 1.60. The van der Waals surface area contributed by atoms with E-state index in [1.807, 2.05) is 35.7 Å². The highest BCUT2D eigenvalue weighted by molar-refractivity contribution is 7.10. The van der Waals surface area contributed by atoms with Gasteiger partial charge in [0.05, 0.1) is 12.5 Å². The predicted octanol–water partition coefficient (Wildman–Crippen LogP) is 4.25. The van der Waals surface area contributed by atoms with Crippen molar-refractivity contribution < 1.29 is 9.90 Å². The smallest absolute Gasteiger partial charge is 0.305 e. The van der Waals surface area contributed by atoms with Gasteiger partial charge in [0.2, 0.25) is 0 Å². The number of carboxylic acid groups (broad SMARTS) is 1. The number of thiophene rings is 1. The van der Waals surface area contributed by atoms with Crippen molar-refractivity contribution in [1.29, 1.82) is 0 Å². The standard InChI is InChI=1S/C17H21NO2S/c1-12(2)17(13-7-4-3-5-8-13)18-14(11-16(19)20)15-9-6-10-21-15/h3-10,12,14,17-18H,11H2,1-2H3,(H,19,20). The van der Waals surface area contributed by atoms with E-state index in [2.05, 4.69) is 31.3 Å². The topological polar surface area (TPSA) is 49.3 Å². The fourth-order valence-electron chi connectivity index (χ4n) is 2.46. The van der Waals surface area contributed by atoms with E-state index in [1.54, 1.807) is 11.3 Å². The van der Waals surface area contributed by atoms with Gasteiger partial charge < -0.3 is 10.4 Å². The van der Waals surface area contributed by atoms with Gasteiger partial charge in [0.15, 0.2) is 0 Å². The van der Waals surface area contributed by atoms with Gasteiger partial charge in [-0.05, 0) is 22.9 Å². The molecule has 0 bridgehead atoms. The predicted molar refractivity (Wildman–Crippen MR) is 86.5 cm³/mol. The molecule has 112 valence electrons. The minimum atomic E-state index is -0.781. The van der Waals surface area contributed by atoms with Crippen molar-refractivity contribution in [2.75, 3.05) is 0 Å². The molecule has 4 heteroatoms. The molecule has 0 saturated carbocycles. The highest BCUT2D eigenvalue weighted by Crippen LogP contribution is 2.29. The van der Waals surface area contributed by atoms with Crippen LogP contribution in [-0.4, -0.2) is 11.1 Å². The Labute approximate surface area is 129 Å². The molecule has 2 aromatic rings. The fourth-order valence-corrected chi connectivity index (χ4v) is 3.24. The lowest BCUT2D eigenvalue weighted by Gasteiger charge is -2.28. The Bertz CT molecular complexity index is 551. The van der Waals surface area contributed by atoms with Crippen molar-refractivity contribution in [2.24, 2.45) is 5.92 Å². The van der Waals surface area contributed by atoms with Gasteiger partial charge in [-0.15, -0.1) is 11.3 Å². The third-order valence-electron chi connectivity index (χ3n) is 3.47. The quantitative estimate of drug-likeness (QED) is 0.804. The van der Waals surface area contributed by atoms with Crippen LogP contribution in [-0.2, 0) is 4.79 Å². The molecule has 2 N–H and O–H groups in total. The third kappa shape index (κ3) is 4.41. The molecule has 0 saturated heterocycles. The highest BCUT2D eigenvalue weighted by Gasteiger charge is 2.23. The minimum Gasteiger partial charge on any atom is -0.481 e. The number of carboxylic acids is 1. The molecule has 1 aromatic carbocycles. The summed E-state index contributed by atoms with van der Waals surface area (Å²) in [5.41, 5.74) is 1.19. The van der Waals surface area contributed by atoms with Crippen LogP contribution < -0.4 is 5.32 Å². The van der Waals surface area contributed by atoms with E-state index in [9.17, 15) is 4.79 Å². The molecule has 1 aromatic heterocycles. The second-order valence-corrected chi connectivity index (χ2v) is 6.44. The number of nitrogens with one attached hydrogen (secondary N) is 1. The lowest BCUT2D eigenvalue weighted by molar-refractivity contribution is -0.137. The van der Waals surface area contributed by atoms with Crippen molar-refractivity contribution in [3.8, 4) is 0 Å². The Morgan fingerprint density at radius 2 is 1.90 bits per heavy atom. The van der Waals surface area contributed by atoms with Crippen molar-refractivity contribution in [3.63, 3.8) is 0 Å². The molecule has 1 heterocycles. The van der Waals surface area contributed by atoms with E-state index in [4.69, 9.17) is 5.11 Å². The Hall–Kier alpha value is -1.65. The van der Waals surface area contributed by atoms with Gasteiger partial charge in [-0.1, -0.05) is 50.2 Å². The summed E-state index contributed by atoms with van der Waals surface area (Å²) < 4.78 is 0. The van der Waals surface area contributed by atoms with Gasteiger partial charge in [-0.3, -0.25) is 4.79 Å². The normalized spacial score (nSPS) is 14.0. The zero-order valence-electron chi connectivity index (χ0n) is 12.3. The number of carbonyl (C=O) groups is 1. The SMILES string of the molecule is CC(C)C(NC(CC(=O)O)c1cccs1)c1ccccc1. The van der Waals surface area contributed by atoms with E-state index in [0.29, 0.717) is 5.92 Å². The molecule has 2 atom stereocenters. The minimum absolute atomic E-state index is 0.0938. The number of hydrogen-bond donors (Lipinski definition) is 2. The average molecular weight is 303 g/mol. The number of aliphatic carboxylic acids is 1. The molecule has 0 amide bonds. The second kappa shape index (κ2) is 7.38. The molecule has 21 heavy (non-hydrogen) atoms. The monoisotopic (exact) mass is 303 g/mol. The lowest BCUT2D eigenvalue weighted by Crippen LogP contribution is -2.31. The van der Waals surface area contributed by atoms with Crippen molar-refractivity contribution in [3.05, 3.63) is 58.3 Å². The highest BCUT2D eigenvalue weighted by atomic mass is 32.1. The van der Waals surface area contributed by atoms with E-state index in [1.165, 1.54) is 5.56 Å². The Morgan fingerprint density at radius 1 is 1.19 bits per heavy atom. The van der Waals surface area contributed by atoms with Crippen LogP contribution in [0.15, 0.2) is 47.8 Å². The van der Waals surface area contributed by atoms with Crippen LogP contribution in [0, 0.1) is 5.92 Å². The Balaban J connectivity index is 2.22. The van der Waals surface area contributed by atoms with Gasteiger partial charge in [0, 0.05) is 10.9 Å². The zero-order chi connectivity index (χ0) is 15.2. The molecular weight excluding hydrogens is 282 g/mol. The summed E-state index contributed by atoms with van der Waals surface area (Å²) in [6.45, 7) is 4.30. The summed E-state index contributed by atoms with van der Waals surface area (Å²) in [6, 6.07) is 14.1. The molecule has 0 aliphatic carbocycles. The number of hydrogen-bond acceptors (Lipinski definition) is 3. The van der Waals surface area contributed by atoms with E-state index >= 15 is 0 Å². The van der Waals surface area contributed by atoms with E-state index in [0.717, 1.165) is 4.88 Å². The molecule has 2 rings (SSSR count). The van der Waals surface area contributed by atoms with Crippen LogP contribution >= 0.6 is 11.3 Å². The maximum absolute atomic E-state index is 11.2. The summed E-state index contributed by atoms with van der Waals surface area (Å²) in [5, 5.41) is 14.7. The third-order valence-corrected chi connectivity index (χ3v) is 4.46. The number of rotatable bonds is 7. The first-order valence-electron chi connectivity index (χ1n) is 7.14. The van der Waals surface area contributed by atoms with Gasteiger partial charge in [-0.25, -0.2) is 0 Å². The average Bonchev–Trinajstić information content (AvgIpc) is 2.97. The summed E-state index contributed by atoms with van der Waals surface area (Å²) in [6.07, 6.45) is 0.0938. The van der Waals surface area contributed by atoms with Crippen LogP contribution in [0.5, 0.6) is 0 Å². The van der Waals surface area contributed by atoms with E-state index in [-0.39, 0.29) is 18.5 Å². The molecular formula is C17H21NO2S. The first-order valence-corrected chi connectivity index (χ1v) is 8.02. The lowest BCUT2D eigenvalue weighted by atomic mass is 9.94. The molecule has 0 aliphatic rings. The van der Waals surface area contributed by atoms with Crippen LogP contribution in [0.2, 0.25) is 0 Å². The van der Waals surface area contributed by atoms with Gasteiger partial charge in [-0.2, -0.15) is 0 Å². The molecule has 0 fully saturated rings. The van der Waals surface area contributed by atoms with Gasteiger partial charge in [0.1, 0.15) is 0 Å². The second-order valence-electron chi connectivity index (χ2n) is 5.46. The molecule has 0 radical (unpaired) electrons. The van der Waals surface area contributed by atoms with Gasteiger partial charge in [0.25, 0.3) is 0 Å². The van der Waals surface area contributed by atoms with Gasteiger partial charge >= 0.3 is 5.97 Å². The first-order chi connectivity index (χ1) is 10.1. The zero-order valence-corrected chi connectivity index (χ0v) is 13.1. The largest absolute Gasteiger partial charge is 0.481 e. The van der Waals surface area contributed by atoms with E-state index < -0.39 is 5.97 Å². The van der Waals surface area contributed by atoms with Crippen LogP contribution in [0.1, 0.15) is 42.8 Å². The molecule has 0 spiro atoms. The summed E-state index contributed by atoms with van der Waals surface area (Å²) in [5.74, 6) is -0.403. The van der Waals surface area contributed by atoms with Crippen LogP contribution in [0.25, 0.3) is 0 Å². The maximum atomic E-state index is 11.2. The van der Waals surface area contributed by atoms with Crippen molar-refractivity contribution in [2.45, 2.75) is 32.4 Å². The maximum Gasteiger partial charge on any atom is 0.305 e. The van der Waals surface area contributed by atoms with Crippen LogP contribution in [0.4, 0.5) is 0 Å². The number of benzene rings is 1. The Kier molecular flexibility index (Phi) is 5.53. The molecule has 3 nitrogen and oxygen atoms in total. The molecule has 2 unspecified atom stereocenters. The summed E-state index contributed by atoms with van der Waals surface area (Å²) in [7, 11) is 0. The first kappa shape index (κ1) is 15.7.